The minimum Gasteiger partial charge on any atom is -0.489 e. The highest BCUT2D eigenvalue weighted by atomic mass is 35.5. The minimum absolute atomic E-state index is 0.0434. The van der Waals surface area contributed by atoms with Gasteiger partial charge in [-0.05, 0) is 36.4 Å². The van der Waals surface area contributed by atoms with Crippen molar-refractivity contribution >= 4 is 56.3 Å². The number of carbonyl (C=O) groups excluding carboxylic acids is 2. The smallest absolute Gasteiger partial charge is 0.417 e. The Labute approximate surface area is 224 Å². The van der Waals surface area contributed by atoms with Gasteiger partial charge in [-0.25, -0.2) is 13.4 Å². The molecule has 0 saturated carbocycles. The number of aromatic nitrogens is 1. The summed E-state index contributed by atoms with van der Waals surface area (Å²) >= 11 is 11.6. The van der Waals surface area contributed by atoms with Crippen LogP contribution in [-0.2, 0) is 21.0 Å². The first-order valence-electron chi connectivity index (χ1n) is 10.7. The van der Waals surface area contributed by atoms with Crippen molar-refractivity contribution in [1.82, 2.24) is 4.98 Å². The number of halogens is 5. The molecule has 3 N–H and O–H groups in total. The van der Waals surface area contributed by atoms with E-state index in [1.807, 2.05) is 0 Å². The molecule has 4 rings (SSSR count). The largest absolute Gasteiger partial charge is 0.489 e. The molecule has 0 radical (unpaired) electrons. The lowest BCUT2D eigenvalue weighted by molar-refractivity contribution is -0.137. The van der Waals surface area contributed by atoms with Crippen molar-refractivity contribution in [2.24, 2.45) is 5.73 Å². The number of hydrogen-bond donors (Lipinski definition) is 2. The first-order chi connectivity index (χ1) is 17.8. The zero-order valence-electron chi connectivity index (χ0n) is 19.1. The number of anilines is 2. The van der Waals surface area contributed by atoms with Crippen LogP contribution in [-0.4, -0.2) is 44.8 Å². The van der Waals surface area contributed by atoms with Gasteiger partial charge in [0.1, 0.15) is 12.3 Å². The Morgan fingerprint density at radius 1 is 1.16 bits per heavy atom. The predicted octanol–water partition coefficient (Wildman–Crippen LogP) is 4.12. The highest BCUT2D eigenvalue weighted by Gasteiger charge is 2.35. The number of alkyl halides is 3. The van der Waals surface area contributed by atoms with Gasteiger partial charge in [-0.2, -0.15) is 13.2 Å². The Kier molecular flexibility index (Phi) is 7.57. The maximum Gasteiger partial charge on any atom is 0.417 e. The number of pyridine rings is 1. The molecule has 1 amide bonds. The summed E-state index contributed by atoms with van der Waals surface area (Å²) in [5.74, 6) is -1.15. The summed E-state index contributed by atoms with van der Waals surface area (Å²) in [5, 5.41) is -0.745. The number of nitrogens with zero attached hydrogens (tertiary/aromatic N) is 2. The Balaban J connectivity index is 1.76. The molecule has 1 aliphatic heterocycles. The molecule has 2 aromatic carbocycles. The predicted molar refractivity (Wildman–Crippen MR) is 133 cm³/mol. The minimum atomic E-state index is -4.91. The summed E-state index contributed by atoms with van der Waals surface area (Å²) in [7, 11) is -4.67. The maximum atomic E-state index is 13.5. The van der Waals surface area contributed by atoms with Crippen LogP contribution in [0.4, 0.5) is 24.5 Å². The van der Waals surface area contributed by atoms with Crippen molar-refractivity contribution in [2.45, 2.75) is 11.1 Å². The second-order valence-electron chi connectivity index (χ2n) is 7.88. The van der Waals surface area contributed by atoms with Crippen LogP contribution >= 0.6 is 23.2 Å². The monoisotopic (exact) mass is 588 g/mol. The molecule has 0 bridgehead atoms. The number of hydrogen-bond acceptors (Lipinski definition) is 7. The van der Waals surface area contributed by atoms with Crippen LogP contribution in [0, 0.1) is 0 Å². The third-order valence-electron chi connectivity index (χ3n) is 5.43. The first kappa shape index (κ1) is 27.6. The Hall–Kier alpha value is -3.39. The van der Waals surface area contributed by atoms with Crippen LogP contribution < -0.4 is 20.1 Å². The fourth-order valence-electron chi connectivity index (χ4n) is 3.71. The number of ketones is 1. The fraction of sp³-hybridized carbons (Fsp3) is 0.174. The van der Waals surface area contributed by atoms with Crippen LogP contribution in [0.2, 0.25) is 10.0 Å². The van der Waals surface area contributed by atoms with E-state index in [1.165, 1.54) is 17.0 Å². The molecule has 38 heavy (non-hydrogen) atoms. The second-order valence-corrected chi connectivity index (χ2v) is 10.4. The third-order valence-corrected chi connectivity index (χ3v) is 7.33. The quantitative estimate of drug-likeness (QED) is 0.414. The lowest BCUT2D eigenvalue weighted by Crippen LogP contribution is -2.41. The number of rotatable bonds is 6. The number of ether oxygens (including phenoxy) is 1. The van der Waals surface area contributed by atoms with Crippen LogP contribution in [0.25, 0.3) is 0 Å². The molecule has 200 valence electrons. The van der Waals surface area contributed by atoms with Crippen LogP contribution in [0.5, 0.6) is 5.75 Å². The number of nitrogens with two attached hydrogens (primary N) is 1. The topological polar surface area (TPSA) is 132 Å². The van der Waals surface area contributed by atoms with E-state index in [0.717, 1.165) is 24.4 Å². The van der Waals surface area contributed by atoms with Gasteiger partial charge in [-0.15, -0.1) is 0 Å². The van der Waals surface area contributed by atoms with Gasteiger partial charge >= 0.3 is 6.18 Å². The molecule has 0 aliphatic carbocycles. The van der Waals surface area contributed by atoms with Crippen molar-refractivity contribution < 1.29 is 35.9 Å². The lowest BCUT2D eigenvalue weighted by atomic mass is 10.0. The van der Waals surface area contributed by atoms with E-state index in [4.69, 9.17) is 33.7 Å². The molecule has 15 heteroatoms. The summed E-state index contributed by atoms with van der Waals surface area (Å²) in [6.45, 7) is -0.0103. The molecule has 2 heterocycles. The third kappa shape index (κ3) is 5.41. The summed E-state index contributed by atoms with van der Waals surface area (Å²) < 4.78 is 73.6. The lowest BCUT2D eigenvalue weighted by Gasteiger charge is -2.30. The maximum absolute atomic E-state index is 13.5. The molecule has 3 aromatic rings. The average molecular weight is 589 g/mol. The van der Waals surface area contributed by atoms with Gasteiger partial charge in [-0.3, -0.25) is 14.3 Å². The number of amides is 1. The standard InChI is InChI=1S/C23H17Cl2F3N4O5S/c24-12-8-17(31-38(35,36)13-4-5-16(25)15(9-13)23(26,27)28)20(30-11-12)21(34)14-2-1-3-18-22(14)37-7-6-32(18)19(33)10-29/h1-5,8-9,11,31H,6-7,10,29H2. The number of para-hydroxylation sites is 1. The molecular weight excluding hydrogens is 572 g/mol. The van der Waals surface area contributed by atoms with E-state index in [2.05, 4.69) is 9.71 Å². The Morgan fingerprint density at radius 3 is 2.58 bits per heavy atom. The van der Waals surface area contributed by atoms with Gasteiger partial charge in [0, 0.05) is 6.20 Å². The van der Waals surface area contributed by atoms with E-state index < -0.39 is 54.8 Å². The molecule has 0 fully saturated rings. The van der Waals surface area contributed by atoms with Gasteiger partial charge in [-0.1, -0.05) is 29.3 Å². The second kappa shape index (κ2) is 10.4. The van der Waals surface area contributed by atoms with Crippen molar-refractivity contribution in [3.05, 3.63) is 75.5 Å². The van der Waals surface area contributed by atoms with Crippen molar-refractivity contribution in [3.63, 3.8) is 0 Å². The van der Waals surface area contributed by atoms with E-state index in [0.29, 0.717) is 6.07 Å². The van der Waals surface area contributed by atoms with Crippen LogP contribution in [0.3, 0.4) is 0 Å². The van der Waals surface area contributed by atoms with Gasteiger partial charge in [0.2, 0.25) is 11.7 Å². The molecule has 9 nitrogen and oxygen atoms in total. The summed E-state index contributed by atoms with van der Waals surface area (Å²) in [4.78, 5) is 30.3. The number of nitrogens with one attached hydrogen (secondary N) is 1. The van der Waals surface area contributed by atoms with Gasteiger partial charge in [0.15, 0.2) is 5.75 Å². The highest BCUT2D eigenvalue weighted by Crippen LogP contribution is 2.38. The van der Waals surface area contributed by atoms with Crippen LogP contribution in [0.15, 0.2) is 53.6 Å². The molecule has 1 aliphatic rings. The van der Waals surface area contributed by atoms with Crippen molar-refractivity contribution in [2.75, 3.05) is 29.3 Å². The SMILES string of the molecule is NCC(=O)N1CCOc2c(C(=O)c3ncc(Cl)cc3NS(=O)(=O)c3ccc(Cl)c(C(F)(F)F)c3)cccc21. The number of benzene rings is 2. The number of carbonyl (C=O) groups is 2. The number of sulfonamides is 1. The zero-order chi connectivity index (χ0) is 27.8. The molecule has 1 aromatic heterocycles. The van der Waals surface area contributed by atoms with E-state index in [9.17, 15) is 31.2 Å². The fourth-order valence-corrected chi connectivity index (χ4v) is 5.18. The molecule has 0 unspecified atom stereocenters. The molecular formula is C23H17Cl2F3N4O5S. The Morgan fingerprint density at radius 2 is 1.89 bits per heavy atom. The molecule has 0 spiro atoms. The van der Waals surface area contributed by atoms with Gasteiger partial charge < -0.3 is 15.4 Å². The average Bonchev–Trinajstić information content (AvgIpc) is 2.86. The summed E-state index contributed by atoms with van der Waals surface area (Å²) in [6, 6.07) is 7.56. The van der Waals surface area contributed by atoms with E-state index in [1.54, 1.807) is 6.07 Å². The van der Waals surface area contributed by atoms with Crippen molar-refractivity contribution in [3.8, 4) is 5.75 Å². The van der Waals surface area contributed by atoms with Gasteiger partial charge in [0.05, 0.1) is 50.5 Å². The highest BCUT2D eigenvalue weighted by molar-refractivity contribution is 7.92. The first-order valence-corrected chi connectivity index (χ1v) is 12.9. The van der Waals surface area contributed by atoms with E-state index in [-0.39, 0.29) is 41.7 Å². The van der Waals surface area contributed by atoms with Gasteiger partial charge in [0.25, 0.3) is 10.0 Å². The normalized spacial score (nSPS) is 13.5. The van der Waals surface area contributed by atoms with Crippen LogP contribution in [0.1, 0.15) is 21.6 Å². The zero-order valence-corrected chi connectivity index (χ0v) is 21.4. The molecule has 0 atom stereocenters. The Bertz CT molecular complexity index is 1550. The van der Waals surface area contributed by atoms with Crippen molar-refractivity contribution in [1.29, 1.82) is 0 Å². The summed E-state index contributed by atoms with van der Waals surface area (Å²) in [6.07, 6.45) is -3.82. The number of fused-ring (bicyclic) bond motifs is 1. The summed E-state index contributed by atoms with van der Waals surface area (Å²) in [5.41, 5.74) is 3.55. The molecule has 0 saturated heterocycles. The van der Waals surface area contributed by atoms with E-state index >= 15 is 0 Å².